The van der Waals surface area contributed by atoms with Crippen LogP contribution in [0.2, 0.25) is 0 Å². The van der Waals surface area contributed by atoms with Crippen molar-refractivity contribution in [2.24, 2.45) is 16.8 Å². The number of nitrogens with zero attached hydrogens (tertiary/aromatic N) is 9. The Balaban J connectivity index is 0.000000191. The first-order chi connectivity index (χ1) is 33.1. The SMILES string of the molecule is N/C(=N\O)c1ccccn1.O=C(NCC(=O)N1CCC(C(=O)O)CC1)c1ccccc1.O=C(NCC(=O)N1CCC(c2nc(-c3ccccn3)no2)CC1)c1ccccc1.[C-]#[N+]c1ccccn1. The maximum atomic E-state index is 12.4. The molecule has 6 aromatic rings. The third-order valence-electron chi connectivity index (χ3n) is 10.4. The van der Waals surface area contributed by atoms with Crippen molar-refractivity contribution in [1.82, 2.24) is 45.5 Å². The number of amidine groups is 1. The van der Waals surface area contributed by atoms with Gasteiger partial charge in [0.2, 0.25) is 23.5 Å². The molecule has 0 aliphatic carbocycles. The van der Waals surface area contributed by atoms with Crippen LogP contribution in [-0.2, 0) is 14.4 Å². The van der Waals surface area contributed by atoms with Gasteiger partial charge in [-0.05, 0) is 86.3 Å². The number of piperidine rings is 2. The molecule has 0 unspecified atom stereocenters. The number of carboxylic acids is 1. The van der Waals surface area contributed by atoms with Crippen LogP contribution in [0, 0.1) is 12.5 Å². The molecule has 6 N–H and O–H groups in total. The lowest BCUT2D eigenvalue weighted by molar-refractivity contribution is -0.145. The number of nitrogens with one attached hydrogen (secondary N) is 2. The smallest absolute Gasteiger partial charge is 0.306 e. The number of hydrogen-bond donors (Lipinski definition) is 5. The maximum absolute atomic E-state index is 12.4. The number of carbonyl (C=O) groups is 5. The van der Waals surface area contributed by atoms with Gasteiger partial charge in [0.05, 0.1) is 19.0 Å². The van der Waals surface area contributed by atoms with Crippen LogP contribution in [0.1, 0.15) is 63.9 Å². The predicted octanol–water partition coefficient (Wildman–Crippen LogP) is 4.82. The van der Waals surface area contributed by atoms with E-state index in [0.717, 1.165) is 12.8 Å². The fourth-order valence-corrected chi connectivity index (χ4v) is 6.66. The number of nitrogens with two attached hydrogens (primary N) is 1. The zero-order valence-corrected chi connectivity index (χ0v) is 36.9. The van der Waals surface area contributed by atoms with Crippen molar-refractivity contribution >= 4 is 41.3 Å². The van der Waals surface area contributed by atoms with Crippen LogP contribution in [0.4, 0.5) is 5.82 Å². The van der Waals surface area contributed by atoms with E-state index in [9.17, 15) is 24.0 Å². The van der Waals surface area contributed by atoms with Gasteiger partial charge in [0.15, 0.2) is 5.84 Å². The molecule has 0 saturated carbocycles. The summed E-state index contributed by atoms with van der Waals surface area (Å²) in [5.41, 5.74) is 7.43. The minimum Gasteiger partial charge on any atom is -0.481 e. The fraction of sp³-hybridized carbons (Fsp3) is 0.250. The number of benzene rings is 2. The van der Waals surface area contributed by atoms with E-state index in [1.165, 1.54) is 0 Å². The van der Waals surface area contributed by atoms with Crippen LogP contribution in [0.25, 0.3) is 16.4 Å². The Kier molecular flexibility index (Phi) is 19.8. The van der Waals surface area contributed by atoms with Crippen LogP contribution in [0.3, 0.4) is 0 Å². The molecule has 2 fully saturated rings. The number of aromatic nitrogens is 5. The molecule has 6 heterocycles. The van der Waals surface area contributed by atoms with Crippen LogP contribution >= 0.6 is 0 Å². The molecule has 0 atom stereocenters. The van der Waals surface area contributed by atoms with Gasteiger partial charge in [-0.3, -0.25) is 33.9 Å². The van der Waals surface area contributed by atoms with Crippen molar-refractivity contribution in [2.75, 3.05) is 39.3 Å². The Labute approximate surface area is 391 Å². The van der Waals surface area contributed by atoms with Crippen molar-refractivity contribution in [3.05, 3.63) is 168 Å². The van der Waals surface area contributed by atoms with Gasteiger partial charge in [0.25, 0.3) is 17.6 Å². The summed E-state index contributed by atoms with van der Waals surface area (Å²) in [4.78, 5) is 81.9. The van der Waals surface area contributed by atoms with Crippen molar-refractivity contribution in [3.8, 4) is 11.5 Å². The van der Waals surface area contributed by atoms with E-state index in [-0.39, 0.29) is 54.4 Å². The standard InChI is InChI=1S/C21H21N5O3.C15H18N2O4.C6H7N3O.C6H4N2/c27-18(14-23-20(28)15-6-2-1-3-7-15)26-12-9-16(10-13-26)21-24-19(25-29-21)17-8-4-5-11-22-17;18-13(17-8-6-12(7-9-17)15(20)21)10-16-14(19)11-4-2-1-3-5-11;7-6(9-10)5-3-1-2-4-8-5;1-7-6-4-2-3-5-8-6/h1-8,11,16H,9-10,12-14H2,(H,23,28);1-5,12H,6-10H2,(H,16,19)(H,20,21);1-4,10H,(H2,7,9);2-5H. The maximum Gasteiger partial charge on any atom is 0.306 e. The van der Waals surface area contributed by atoms with Crippen molar-refractivity contribution < 1.29 is 38.8 Å². The second-order valence-electron chi connectivity index (χ2n) is 14.9. The highest BCUT2D eigenvalue weighted by atomic mass is 16.5. The molecule has 20 heteroatoms. The van der Waals surface area contributed by atoms with E-state index in [2.05, 4.69) is 45.7 Å². The lowest BCUT2D eigenvalue weighted by Crippen LogP contribution is -2.45. The molecule has 20 nitrogen and oxygen atoms in total. The topological polar surface area (TPSA) is 277 Å². The third-order valence-corrected chi connectivity index (χ3v) is 10.4. The summed E-state index contributed by atoms with van der Waals surface area (Å²) >= 11 is 0. The molecule has 4 aromatic heterocycles. The molecule has 68 heavy (non-hydrogen) atoms. The molecule has 2 aromatic carbocycles. The largest absolute Gasteiger partial charge is 0.481 e. The Morgan fingerprint density at radius 1 is 0.691 bits per heavy atom. The summed E-state index contributed by atoms with van der Waals surface area (Å²) in [5.74, 6) is -0.331. The van der Waals surface area contributed by atoms with Gasteiger partial charge < -0.3 is 45.8 Å². The summed E-state index contributed by atoms with van der Waals surface area (Å²) in [6, 6.07) is 33.5. The lowest BCUT2D eigenvalue weighted by atomic mass is 9.96. The molecule has 2 aliphatic heterocycles. The molecular formula is C48H50N12O8. The summed E-state index contributed by atoms with van der Waals surface area (Å²) in [5, 5.41) is 29.2. The molecule has 2 aliphatic rings. The second-order valence-corrected chi connectivity index (χ2v) is 14.9. The number of oxime groups is 1. The number of rotatable bonds is 10. The number of amides is 4. The Hall–Kier alpha value is -8.86. The van der Waals surface area contributed by atoms with Crippen LogP contribution < -0.4 is 16.4 Å². The highest BCUT2D eigenvalue weighted by molar-refractivity contribution is 5.97. The average molecular weight is 923 g/mol. The summed E-state index contributed by atoms with van der Waals surface area (Å²) < 4.78 is 5.42. The van der Waals surface area contributed by atoms with E-state index < -0.39 is 5.97 Å². The van der Waals surface area contributed by atoms with E-state index in [0.29, 0.717) is 79.1 Å². The molecule has 8 rings (SSSR count). The van der Waals surface area contributed by atoms with E-state index >= 15 is 0 Å². The van der Waals surface area contributed by atoms with Crippen molar-refractivity contribution in [1.29, 1.82) is 0 Å². The molecular weight excluding hydrogens is 873 g/mol. The zero-order valence-electron chi connectivity index (χ0n) is 36.9. The number of carbonyl (C=O) groups excluding carboxylic acids is 4. The van der Waals surface area contributed by atoms with Gasteiger partial charge in [-0.2, -0.15) is 4.98 Å². The molecule has 0 bridgehead atoms. The van der Waals surface area contributed by atoms with Gasteiger partial charge >= 0.3 is 5.97 Å². The van der Waals surface area contributed by atoms with E-state index in [1.54, 1.807) is 113 Å². The average Bonchev–Trinajstić information content (AvgIpc) is 3.92. The Morgan fingerprint density at radius 3 is 1.63 bits per heavy atom. The zero-order chi connectivity index (χ0) is 48.5. The number of pyridine rings is 3. The second kappa shape index (κ2) is 26.8. The van der Waals surface area contributed by atoms with Gasteiger partial charge in [-0.15, -0.1) is 4.98 Å². The van der Waals surface area contributed by atoms with Crippen LogP contribution in [-0.4, -0.2) is 120 Å². The van der Waals surface area contributed by atoms with Gasteiger partial charge in [0.1, 0.15) is 17.6 Å². The normalized spacial score (nSPS) is 13.6. The minimum atomic E-state index is -0.806. The lowest BCUT2D eigenvalue weighted by Gasteiger charge is -2.30. The molecule has 0 spiro atoms. The number of likely N-dealkylation sites (tertiary alicyclic amines) is 2. The minimum absolute atomic E-state index is 0.0111. The fourth-order valence-electron chi connectivity index (χ4n) is 6.66. The summed E-state index contributed by atoms with van der Waals surface area (Å²) in [7, 11) is 0. The molecule has 0 radical (unpaired) electrons. The quantitative estimate of drug-likeness (QED) is 0.0406. The molecule has 2 saturated heterocycles. The Morgan fingerprint density at radius 2 is 1.19 bits per heavy atom. The number of carboxylic acid groups (broad SMARTS) is 1. The molecule has 350 valence electrons. The third kappa shape index (κ3) is 16.0. The summed E-state index contributed by atoms with van der Waals surface area (Å²) in [6.07, 6.45) is 7.28. The first-order valence-corrected chi connectivity index (χ1v) is 21.4. The van der Waals surface area contributed by atoms with Crippen LogP contribution in [0.5, 0.6) is 0 Å². The highest BCUT2D eigenvalue weighted by Gasteiger charge is 2.29. The highest BCUT2D eigenvalue weighted by Crippen LogP contribution is 2.28. The first kappa shape index (κ1) is 50.1. The van der Waals surface area contributed by atoms with Crippen molar-refractivity contribution in [2.45, 2.75) is 31.6 Å². The molecule has 4 amide bonds. The first-order valence-electron chi connectivity index (χ1n) is 21.4. The van der Waals surface area contributed by atoms with Gasteiger partial charge in [0, 0.05) is 55.6 Å². The van der Waals surface area contributed by atoms with Crippen molar-refractivity contribution in [3.63, 3.8) is 0 Å². The van der Waals surface area contributed by atoms with Gasteiger partial charge in [-0.1, -0.05) is 71.5 Å². The van der Waals surface area contributed by atoms with Crippen LogP contribution in [0.15, 0.2) is 144 Å². The monoisotopic (exact) mass is 922 g/mol. The van der Waals surface area contributed by atoms with E-state index in [4.69, 9.17) is 27.1 Å². The Bertz CT molecular complexity index is 2580. The van der Waals surface area contributed by atoms with E-state index in [1.807, 2.05) is 30.3 Å². The van der Waals surface area contributed by atoms with Gasteiger partial charge in [-0.25, -0.2) is 0 Å². The predicted molar refractivity (Wildman–Crippen MR) is 248 cm³/mol. The number of aliphatic carboxylic acids is 1. The summed E-state index contributed by atoms with van der Waals surface area (Å²) in [6.45, 7) is 8.46. The number of hydrogen-bond acceptors (Lipinski definition) is 13.